The fourth-order valence-corrected chi connectivity index (χ4v) is 2.40. The van der Waals surface area contributed by atoms with E-state index in [4.69, 9.17) is 4.74 Å². The summed E-state index contributed by atoms with van der Waals surface area (Å²) in [7, 11) is 0. The molecule has 0 aromatic carbocycles. The van der Waals surface area contributed by atoms with Crippen molar-refractivity contribution < 1.29 is 14.3 Å². The lowest BCUT2D eigenvalue weighted by Crippen LogP contribution is -2.43. The van der Waals surface area contributed by atoms with Crippen LogP contribution in [0.2, 0.25) is 0 Å². The molecule has 2 aliphatic rings. The van der Waals surface area contributed by atoms with E-state index >= 15 is 0 Å². The summed E-state index contributed by atoms with van der Waals surface area (Å²) in [6.07, 6.45) is 7.51. The first kappa shape index (κ1) is 15.9. The molecule has 118 valence electrons. The van der Waals surface area contributed by atoms with Gasteiger partial charge in [0.1, 0.15) is 5.60 Å². The van der Waals surface area contributed by atoms with Crippen molar-refractivity contribution in [2.45, 2.75) is 58.1 Å². The van der Waals surface area contributed by atoms with Gasteiger partial charge in [0.2, 0.25) is 5.91 Å². The predicted octanol–water partition coefficient (Wildman–Crippen LogP) is 2.47. The van der Waals surface area contributed by atoms with Gasteiger partial charge in [0.15, 0.2) is 0 Å². The number of nitrogens with zero attached hydrogens (tertiary/aromatic N) is 1. The lowest BCUT2D eigenvalue weighted by atomic mass is 10.1. The van der Waals surface area contributed by atoms with Gasteiger partial charge in [0.05, 0.1) is 0 Å². The SMILES string of the molecule is CC(C)(C)OC(=O)N(CCNC(=O)C1CC=CC1)C1CC1. The summed E-state index contributed by atoms with van der Waals surface area (Å²) < 4.78 is 5.42. The van der Waals surface area contributed by atoms with Crippen LogP contribution in [0.1, 0.15) is 46.5 Å². The Morgan fingerprint density at radius 2 is 1.86 bits per heavy atom. The zero-order chi connectivity index (χ0) is 15.5. The third-order valence-electron chi connectivity index (χ3n) is 3.65. The first-order valence-electron chi connectivity index (χ1n) is 7.79. The maximum absolute atomic E-state index is 12.2. The molecule has 1 fully saturated rings. The van der Waals surface area contributed by atoms with Crippen molar-refractivity contribution in [2.75, 3.05) is 13.1 Å². The molecule has 2 rings (SSSR count). The summed E-state index contributed by atoms with van der Waals surface area (Å²) in [5.41, 5.74) is -0.483. The maximum Gasteiger partial charge on any atom is 0.410 e. The summed E-state index contributed by atoms with van der Waals surface area (Å²) in [5.74, 6) is 0.154. The quantitative estimate of drug-likeness (QED) is 0.792. The van der Waals surface area contributed by atoms with Crippen LogP contribution in [0.5, 0.6) is 0 Å². The number of amides is 2. The van der Waals surface area contributed by atoms with Crippen LogP contribution in [0, 0.1) is 5.92 Å². The van der Waals surface area contributed by atoms with Crippen molar-refractivity contribution in [3.05, 3.63) is 12.2 Å². The van der Waals surface area contributed by atoms with Crippen LogP contribution in [0.3, 0.4) is 0 Å². The van der Waals surface area contributed by atoms with Gasteiger partial charge in [-0.05, 0) is 46.5 Å². The van der Waals surface area contributed by atoms with E-state index in [0.717, 1.165) is 25.7 Å². The molecule has 0 saturated heterocycles. The Morgan fingerprint density at radius 1 is 1.24 bits per heavy atom. The lowest BCUT2D eigenvalue weighted by Gasteiger charge is -2.27. The van der Waals surface area contributed by atoms with E-state index in [9.17, 15) is 9.59 Å². The van der Waals surface area contributed by atoms with E-state index in [1.165, 1.54) is 0 Å². The minimum Gasteiger partial charge on any atom is -0.444 e. The monoisotopic (exact) mass is 294 g/mol. The topological polar surface area (TPSA) is 58.6 Å². The second kappa shape index (κ2) is 6.50. The van der Waals surface area contributed by atoms with Gasteiger partial charge in [-0.2, -0.15) is 0 Å². The Labute approximate surface area is 126 Å². The highest BCUT2D eigenvalue weighted by molar-refractivity contribution is 5.79. The van der Waals surface area contributed by atoms with Crippen molar-refractivity contribution >= 4 is 12.0 Å². The average molecular weight is 294 g/mol. The predicted molar refractivity (Wildman–Crippen MR) is 80.8 cm³/mol. The van der Waals surface area contributed by atoms with E-state index in [2.05, 4.69) is 5.32 Å². The Bertz CT molecular complexity index is 414. The van der Waals surface area contributed by atoms with Gasteiger partial charge in [0.25, 0.3) is 0 Å². The molecule has 0 spiro atoms. The summed E-state index contributed by atoms with van der Waals surface area (Å²) in [5, 5.41) is 2.93. The highest BCUT2D eigenvalue weighted by Crippen LogP contribution is 2.28. The zero-order valence-electron chi connectivity index (χ0n) is 13.2. The van der Waals surface area contributed by atoms with Crippen LogP contribution in [0.25, 0.3) is 0 Å². The molecule has 0 aliphatic heterocycles. The Balaban J connectivity index is 1.75. The van der Waals surface area contributed by atoms with E-state index in [0.29, 0.717) is 13.1 Å². The van der Waals surface area contributed by atoms with E-state index in [1.54, 1.807) is 4.90 Å². The summed E-state index contributed by atoms with van der Waals surface area (Å²) in [6.45, 7) is 6.61. The first-order valence-corrected chi connectivity index (χ1v) is 7.79. The number of rotatable bonds is 5. The first-order chi connectivity index (χ1) is 9.87. The molecule has 2 aliphatic carbocycles. The molecule has 0 aromatic heterocycles. The molecule has 21 heavy (non-hydrogen) atoms. The van der Waals surface area contributed by atoms with Gasteiger partial charge in [-0.25, -0.2) is 4.79 Å². The van der Waals surface area contributed by atoms with Crippen molar-refractivity contribution in [3.63, 3.8) is 0 Å². The summed E-state index contributed by atoms with van der Waals surface area (Å²) in [6, 6.07) is 0.282. The molecule has 0 heterocycles. The largest absolute Gasteiger partial charge is 0.444 e. The second-order valence-electron chi connectivity index (χ2n) is 6.84. The van der Waals surface area contributed by atoms with Gasteiger partial charge in [-0.1, -0.05) is 12.2 Å². The Hall–Kier alpha value is -1.52. The molecule has 0 radical (unpaired) electrons. The van der Waals surface area contributed by atoms with Gasteiger partial charge in [-0.15, -0.1) is 0 Å². The molecule has 5 heteroatoms. The van der Waals surface area contributed by atoms with Crippen molar-refractivity contribution in [1.29, 1.82) is 0 Å². The normalized spacial score (nSPS) is 18.6. The molecule has 0 unspecified atom stereocenters. The number of hydrogen-bond acceptors (Lipinski definition) is 3. The standard InChI is InChI=1S/C16H26N2O3/c1-16(2,3)21-15(20)18(13-8-9-13)11-10-17-14(19)12-6-4-5-7-12/h4-5,12-13H,6-11H2,1-3H3,(H,17,19). The Morgan fingerprint density at radius 3 is 2.38 bits per heavy atom. The average Bonchev–Trinajstić information content (AvgIpc) is 3.04. The molecule has 5 nitrogen and oxygen atoms in total. The minimum absolute atomic E-state index is 0.0703. The highest BCUT2D eigenvalue weighted by atomic mass is 16.6. The maximum atomic E-state index is 12.2. The van der Waals surface area contributed by atoms with Crippen molar-refractivity contribution in [3.8, 4) is 0 Å². The molecular weight excluding hydrogens is 268 g/mol. The summed E-state index contributed by atoms with van der Waals surface area (Å²) >= 11 is 0. The van der Waals surface area contributed by atoms with Crippen LogP contribution >= 0.6 is 0 Å². The van der Waals surface area contributed by atoms with Crippen molar-refractivity contribution in [2.24, 2.45) is 5.92 Å². The van der Waals surface area contributed by atoms with Gasteiger partial charge >= 0.3 is 6.09 Å². The molecule has 0 aromatic rings. The third kappa shape index (κ3) is 5.06. The minimum atomic E-state index is -0.483. The van der Waals surface area contributed by atoms with Crippen LogP contribution in [-0.2, 0) is 9.53 Å². The molecule has 0 bridgehead atoms. The fraction of sp³-hybridized carbons (Fsp3) is 0.750. The molecular formula is C16H26N2O3. The van der Waals surface area contributed by atoms with Crippen LogP contribution in [0.4, 0.5) is 4.79 Å². The highest BCUT2D eigenvalue weighted by Gasteiger charge is 2.35. The molecule has 1 saturated carbocycles. The third-order valence-corrected chi connectivity index (χ3v) is 3.65. The van der Waals surface area contributed by atoms with E-state index in [1.807, 2.05) is 32.9 Å². The van der Waals surface area contributed by atoms with Crippen LogP contribution < -0.4 is 5.32 Å². The van der Waals surface area contributed by atoms with Crippen LogP contribution in [0.15, 0.2) is 12.2 Å². The summed E-state index contributed by atoms with van der Waals surface area (Å²) in [4.78, 5) is 25.8. The zero-order valence-corrected chi connectivity index (χ0v) is 13.2. The molecule has 2 amide bonds. The number of ether oxygens (including phenoxy) is 1. The number of allylic oxidation sites excluding steroid dienone is 2. The van der Waals surface area contributed by atoms with Crippen molar-refractivity contribution in [1.82, 2.24) is 10.2 Å². The number of carbonyl (C=O) groups is 2. The lowest BCUT2D eigenvalue weighted by molar-refractivity contribution is -0.124. The molecule has 0 atom stereocenters. The number of nitrogens with one attached hydrogen (secondary N) is 1. The number of hydrogen-bond donors (Lipinski definition) is 1. The molecule has 1 N–H and O–H groups in total. The van der Waals surface area contributed by atoms with E-state index < -0.39 is 5.60 Å². The van der Waals surface area contributed by atoms with Crippen LogP contribution in [-0.4, -0.2) is 41.6 Å². The Kier molecular flexibility index (Phi) is 4.91. The fourth-order valence-electron chi connectivity index (χ4n) is 2.40. The van der Waals surface area contributed by atoms with Gasteiger partial charge in [0, 0.05) is 25.0 Å². The smallest absolute Gasteiger partial charge is 0.410 e. The van der Waals surface area contributed by atoms with Gasteiger partial charge < -0.3 is 15.0 Å². The second-order valence-corrected chi connectivity index (χ2v) is 6.84. The van der Waals surface area contributed by atoms with Gasteiger partial charge in [-0.3, -0.25) is 4.79 Å². The number of carbonyl (C=O) groups excluding carboxylic acids is 2. The van der Waals surface area contributed by atoms with E-state index in [-0.39, 0.29) is 24.0 Å².